The zero-order valence-electron chi connectivity index (χ0n) is 19.4. The Kier molecular flexibility index (Phi) is 5.53. The summed E-state index contributed by atoms with van der Waals surface area (Å²) in [7, 11) is -3.64. The summed E-state index contributed by atoms with van der Waals surface area (Å²) in [5.74, 6) is 0.265. The fraction of sp³-hybridized carbons (Fsp3) is 0.346. The largest absolute Gasteiger partial charge is 0.339 e. The average Bonchev–Trinajstić information content (AvgIpc) is 3.58. The molecule has 0 bridgehead atoms. The lowest BCUT2D eigenvalue weighted by Crippen LogP contribution is -2.38. The van der Waals surface area contributed by atoms with Crippen molar-refractivity contribution in [3.05, 3.63) is 72.2 Å². The normalized spacial score (nSPS) is 18.0. The molecule has 1 aromatic carbocycles. The van der Waals surface area contributed by atoms with Crippen LogP contribution in [0.3, 0.4) is 0 Å². The first kappa shape index (κ1) is 22.2. The van der Waals surface area contributed by atoms with E-state index in [1.165, 1.54) is 0 Å². The van der Waals surface area contributed by atoms with Gasteiger partial charge in [-0.05, 0) is 61.4 Å². The Morgan fingerprint density at radius 3 is 2.54 bits per heavy atom. The van der Waals surface area contributed by atoms with Crippen molar-refractivity contribution in [1.29, 1.82) is 0 Å². The fourth-order valence-electron chi connectivity index (χ4n) is 5.36. The van der Waals surface area contributed by atoms with Gasteiger partial charge >= 0.3 is 0 Å². The molecule has 0 unspecified atom stereocenters. The van der Waals surface area contributed by atoms with Crippen LogP contribution in [-0.4, -0.2) is 64.3 Å². The van der Waals surface area contributed by atoms with E-state index in [2.05, 4.69) is 16.1 Å². The quantitative estimate of drug-likeness (QED) is 0.436. The van der Waals surface area contributed by atoms with E-state index in [0.717, 1.165) is 55.2 Å². The number of benzene rings is 1. The zero-order chi connectivity index (χ0) is 24.0. The lowest BCUT2D eigenvalue weighted by Gasteiger charge is -2.31. The predicted octanol–water partition coefficient (Wildman–Crippen LogP) is 3.69. The highest BCUT2D eigenvalue weighted by Gasteiger charge is 2.32. The number of piperidine rings is 1. The van der Waals surface area contributed by atoms with Gasteiger partial charge in [0.1, 0.15) is 4.90 Å². The van der Waals surface area contributed by atoms with Crippen molar-refractivity contribution < 1.29 is 13.2 Å². The maximum Gasteiger partial charge on any atom is 0.257 e. The van der Waals surface area contributed by atoms with Crippen molar-refractivity contribution in [2.75, 3.05) is 26.2 Å². The lowest BCUT2D eigenvalue weighted by atomic mass is 9.90. The summed E-state index contributed by atoms with van der Waals surface area (Å²) in [6, 6.07) is 13.1. The zero-order valence-corrected chi connectivity index (χ0v) is 20.2. The van der Waals surface area contributed by atoms with Crippen LogP contribution in [0.5, 0.6) is 0 Å². The molecule has 2 saturated heterocycles. The van der Waals surface area contributed by atoms with Gasteiger partial charge in [0.15, 0.2) is 0 Å². The van der Waals surface area contributed by atoms with Crippen LogP contribution in [0, 0.1) is 0 Å². The Morgan fingerprint density at radius 1 is 0.971 bits per heavy atom. The Morgan fingerprint density at radius 2 is 1.74 bits per heavy atom. The molecule has 0 saturated carbocycles. The van der Waals surface area contributed by atoms with Crippen LogP contribution in [0.4, 0.5) is 0 Å². The summed E-state index contributed by atoms with van der Waals surface area (Å²) in [6.45, 7) is 2.49. The van der Waals surface area contributed by atoms with E-state index >= 15 is 0 Å². The number of amides is 1. The average molecular weight is 490 g/mol. The van der Waals surface area contributed by atoms with E-state index < -0.39 is 10.0 Å². The molecule has 3 aromatic heterocycles. The fourth-order valence-corrected chi connectivity index (χ4v) is 6.99. The molecule has 35 heavy (non-hydrogen) atoms. The molecule has 0 spiro atoms. The lowest BCUT2D eigenvalue weighted by molar-refractivity contribution is 0.0794. The summed E-state index contributed by atoms with van der Waals surface area (Å²) < 4.78 is 30.3. The second kappa shape index (κ2) is 8.73. The van der Waals surface area contributed by atoms with Gasteiger partial charge in [-0.3, -0.25) is 9.78 Å². The SMILES string of the molecule is O=C(c1cnn2ccc(C3CCN(S(=O)(=O)c4cccc5cccnc45)CC3)cc12)N1CCCC1. The number of nitrogens with zero attached hydrogens (tertiary/aromatic N) is 5. The van der Waals surface area contributed by atoms with Crippen molar-refractivity contribution in [3.63, 3.8) is 0 Å². The molecule has 2 aliphatic heterocycles. The van der Waals surface area contributed by atoms with E-state index in [1.54, 1.807) is 33.3 Å². The molecule has 5 heterocycles. The van der Waals surface area contributed by atoms with E-state index in [0.29, 0.717) is 24.2 Å². The van der Waals surface area contributed by atoms with Gasteiger partial charge in [-0.2, -0.15) is 9.40 Å². The van der Waals surface area contributed by atoms with Crippen molar-refractivity contribution in [3.8, 4) is 0 Å². The molecular weight excluding hydrogens is 462 g/mol. The van der Waals surface area contributed by atoms with E-state index in [9.17, 15) is 13.2 Å². The first-order valence-electron chi connectivity index (χ1n) is 12.1. The van der Waals surface area contributed by atoms with Crippen LogP contribution < -0.4 is 0 Å². The van der Waals surface area contributed by atoms with Gasteiger partial charge in [-0.15, -0.1) is 0 Å². The molecule has 0 aliphatic carbocycles. The number of carbonyl (C=O) groups is 1. The number of fused-ring (bicyclic) bond motifs is 2. The second-order valence-corrected chi connectivity index (χ2v) is 11.3. The molecule has 180 valence electrons. The van der Waals surface area contributed by atoms with Crippen LogP contribution in [-0.2, 0) is 10.0 Å². The smallest absolute Gasteiger partial charge is 0.257 e. The monoisotopic (exact) mass is 489 g/mol. The van der Waals surface area contributed by atoms with Crippen molar-refractivity contribution >= 4 is 32.4 Å². The highest BCUT2D eigenvalue weighted by molar-refractivity contribution is 7.89. The Labute approximate surface area is 204 Å². The number of rotatable bonds is 4. The van der Waals surface area contributed by atoms with Gasteiger partial charge in [0.2, 0.25) is 10.0 Å². The molecule has 1 amide bonds. The van der Waals surface area contributed by atoms with Gasteiger partial charge in [0, 0.05) is 44.0 Å². The first-order valence-corrected chi connectivity index (χ1v) is 13.6. The number of likely N-dealkylation sites (tertiary alicyclic amines) is 1. The van der Waals surface area contributed by atoms with Crippen LogP contribution >= 0.6 is 0 Å². The number of para-hydroxylation sites is 1. The van der Waals surface area contributed by atoms with E-state index in [4.69, 9.17) is 0 Å². The summed E-state index contributed by atoms with van der Waals surface area (Å²) in [6.07, 6.45) is 8.72. The molecule has 9 heteroatoms. The molecule has 2 aliphatic rings. The number of pyridine rings is 2. The highest BCUT2D eigenvalue weighted by Crippen LogP contribution is 2.33. The first-order chi connectivity index (χ1) is 17.0. The van der Waals surface area contributed by atoms with Crippen LogP contribution in [0.2, 0.25) is 0 Å². The summed E-state index contributed by atoms with van der Waals surface area (Å²) in [5, 5.41) is 5.19. The Hall–Kier alpha value is -3.30. The summed E-state index contributed by atoms with van der Waals surface area (Å²) in [4.78, 5) is 19.5. The maximum atomic E-state index is 13.5. The molecule has 6 rings (SSSR count). The van der Waals surface area contributed by atoms with Gasteiger partial charge in [-0.25, -0.2) is 12.9 Å². The predicted molar refractivity (Wildman–Crippen MR) is 133 cm³/mol. The molecule has 4 aromatic rings. The highest BCUT2D eigenvalue weighted by atomic mass is 32.2. The third kappa shape index (κ3) is 3.88. The number of hydrogen-bond donors (Lipinski definition) is 0. The third-order valence-electron chi connectivity index (χ3n) is 7.31. The molecule has 0 N–H and O–H groups in total. The minimum atomic E-state index is -3.64. The molecular formula is C26H27N5O3S. The Balaban J connectivity index is 1.22. The minimum Gasteiger partial charge on any atom is -0.339 e. The van der Waals surface area contributed by atoms with E-state index in [-0.39, 0.29) is 16.7 Å². The molecule has 0 radical (unpaired) electrons. The van der Waals surface area contributed by atoms with Gasteiger partial charge in [0.25, 0.3) is 5.91 Å². The van der Waals surface area contributed by atoms with Crippen molar-refractivity contribution in [2.45, 2.75) is 36.5 Å². The topological polar surface area (TPSA) is 87.9 Å². The second-order valence-electron chi connectivity index (χ2n) is 9.36. The molecule has 2 fully saturated rings. The number of sulfonamides is 1. The standard InChI is InChI=1S/C26H27N5O3S/c32-26(29-12-1-2-13-29)22-18-28-31-16-10-21(17-23(22)31)19-8-14-30(15-9-19)35(33,34)24-7-3-5-20-6-4-11-27-25(20)24/h3-7,10-11,16-19H,1-2,8-9,12-15H2. The summed E-state index contributed by atoms with van der Waals surface area (Å²) >= 11 is 0. The summed E-state index contributed by atoms with van der Waals surface area (Å²) in [5.41, 5.74) is 3.09. The van der Waals surface area contributed by atoms with Crippen molar-refractivity contribution in [2.24, 2.45) is 0 Å². The Bertz CT molecular complexity index is 1510. The van der Waals surface area contributed by atoms with Crippen LogP contribution in [0.1, 0.15) is 47.5 Å². The van der Waals surface area contributed by atoms with Gasteiger partial charge < -0.3 is 4.90 Å². The maximum absolute atomic E-state index is 13.5. The number of aromatic nitrogens is 3. The van der Waals surface area contributed by atoms with Gasteiger partial charge in [0.05, 0.1) is 22.8 Å². The number of hydrogen-bond acceptors (Lipinski definition) is 5. The number of carbonyl (C=O) groups excluding carboxylic acids is 1. The van der Waals surface area contributed by atoms with Crippen LogP contribution in [0.25, 0.3) is 16.4 Å². The van der Waals surface area contributed by atoms with E-state index in [1.807, 2.05) is 35.4 Å². The minimum absolute atomic E-state index is 0.0410. The van der Waals surface area contributed by atoms with Crippen LogP contribution in [0.15, 0.2) is 66.0 Å². The molecule has 8 nitrogen and oxygen atoms in total. The third-order valence-corrected chi connectivity index (χ3v) is 9.24. The van der Waals surface area contributed by atoms with Gasteiger partial charge in [-0.1, -0.05) is 18.2 Å². The molecule has 0 atom stereocenters. The van der Waals surface area contributed by atoms with Crippen molar-refractivity contribution in [1.82, 2.24) is 23.8 Å².